The molecule has 0 spiro atoms. The summed E-state index contributed by atoms with van der Waals surface area (Å²) in [5.41, 5.74) is 2.21. The highest BCUT2D eigenvalue weighted by Crippen LogP contribution is 2.45. The van der Waals surface area contributed by atoms with Crippen LogP contribution in [0.5, 0.6) is 5.75 Å². The standard InChI is InChI=1S/C31H41N5O5S/c1-18-24(42-17-34-18)19-8-9-20(23(12-19)41-30(5,6)7)14-33-26(38)22-13-21(37)15-36(22)27(39)25(29(2,3)4)35-28(40)31(16-32)10-11-31/h8-9,12,17,21-22,25,37H,10-11,13-15H2,1-7H3,(H,33,38)(H,35,40)/t21-,22?,25-/m1/s1. The van der Waals surface area contributed by atoms with Crippen molar-refractivity contribution in [2.75, 3.05) is 6.54 Å². The zero-order valence-electron chi connectivity index (χ0n) is 25.4. The number of ether oxygens (including phenoxy) is 1. The van der Waals surface area contributed by atoms with Gasteiger partial charge in [0.15, 0.2) is 0 Å². The molecular weight excluding hydrogens is 554 g/mol. The van der Waals surface area contributed by atoms with Gasteiger partial charge in [-0.25, -0.2) is 4.98 Å². The quantitative estimate of drug-likeness (QED) is 0.422. The average Bonchev–Trinajstić information content (AvgIpc) is 3.43. The summed E-state index contributed by atoms with van der Waals surface area (Å²) in [7, 11) is 0. The summed E-state index contributed by atoms with van der Waals surface area (Å²) in [4.78, 5) is 46.9. The van der Waals surface area contributed by atoms with Crippen molar-refractivity contribution in [1.82, 2.24) is 20.5 Å². The Morgan fingerprint density at radius 1 is 1.24 bits per heavy atom. The first-order valence-electron chi connectivity index (χ1n) is 14.3. The van der Waals surface area contributed by atoms with Gasteiger partial charge in [-0.3, -0.25) is 14.4 Å². The molecule has 3 N–H and O–H groups in total. The number of aliphatic hydroxyl groups is 1. The van der Waals surface area contributed by atoms with Crippen LogP contribution in [0.4, 0.5) is 0 Å². The highest BCUT2D eigenvalue weighted by atomic mass is 32.1. The number of nitriles is 1. The fraction of sp³-hybridized carbons (Fsp3) is 0.581. The van der Waals surface area contributed by atoms with Crippen molar-refractivity contribution in [3.05, 3.63) is 35.0 Å². The number of aromatic nitrogens is 1. The molecule has 10 nitrogen and oxygen atoms in total. The maximum atomic E-state index is 13.8. The molecule has 1 aromatic heterocycles. The summed E-state index contributed by atoms with van der Waals surface area (Å²) >= 11 is 1.55. The van der Waals surface area contributed by atoms with E-state index in [1.807, 2.05) is 66.7 Å². The number of aliphatic hydroxyl groups excluding tert-OH is 1. The number of amides is 3. The third-order valence-corrected chi connectivity index (χ3v) is 8.57. The van der Waals surface area contributed by atoms with Gasteiger partial charge in [-0.2, -0.15) is 5.26 Å². The van der Waals surface area contributed by atoms with Gasteiger partial charge in [-0.05, 0) is 57.6 Å². The van der Waals surface area contributed by atoms with Crippen LogP contribution in [-0.4, -0.2) is 63.0 Å². The van der Waals surface area contributed by atoms with E-state index in [0.29, 0.717) is 18.6 Å². The second-order valence-corrected chi connectivity index (χ2v) is 14.2. The van der Waals surface area contributed by atoms with Crippen LogP contribution >= 0.6 is 11.3 Å². The molecular formula is C31H41N5O5S. The number of carbonyl (C=O) groups is 3. The predicted molar refractivity (Wildman–Crippen MR) is 159 cm³/mol. The number of hydrogen-bond acceptors (Lipinski definition) is 8. The van der Waals surface area contributed by atoms with E-state index in [2.05, 4.69) is 21.7 Å². The highest BCUT2D eigenvalue weighted by Gasteiger charge is 2.53. The van der Waals surface area contributed by atoms with Crippen LogP contribution in [0.3, 0.4) is 0 Å². The van der Waals surface area contributed by atoms with Crippen LogP contribution in [0.2, 0.25) is 0 Å². The molecule has 1 unspecified atom stereocenters. The van der Waals surface area contributed by atoms with Gasteiger partial charge in [0, 0.05) is 25.1 Å². The maximum Gasteiger partial charge on any atom is 0.246 e. The van der Waals surface area contributed by atoms with Crippen molar-refractivity contribution in [3.8, 4) is 22.3 Å². The summed E-state index contributed by atoms with van der Waals surface area (Å²) in [6.07, 6.45) is 0.120. The second-order valence-electron chi connectivity index (χ2n) is 13.4. The Kier molecular flexibility index (Phi) is 8.72. The minimum Gasteiger partial charge on any atom is -0.488 e. The summed E-state index contributed by atoms with van der Waals surface area (Å²) in [5.74, 6) is -0.696. The smallest absolute Gasteiger partial charge is 0.246 e. The lowest BCUT2D eigenvalue weighted by Gasteiger charge is -2.35. The van der Waals surface area contributed by atoms with E-state index in [4.69, 9.17) is 4.74 Å². The SMILES string of the molecule is Cc1ncsc1-c1ccc(CNC(=O)C2C[C@@H](O)CN2C(=O)[C@@H](NC(=O)C2(C#N)CC2)C(C)(C)C)c(OC(C)(C)C)c1. The zero-order valence-corrected chi connectivity index (χ0v) is 26.2. The molecule has 1 saturated carbocycles. The average molecular weight is 596 g/mol. The Morgan fingerprint density at radius 2 is 1.93 bits per heavy atom. The van der Waals surface area contributed by atoms with Crippen molar-refractivity contribution < 1.29 is 24.2 Å². The number of likely N-dealkylation sites (tertiary alicyclic amines) is 1. The molecule has 3 atom stereocenters. The molecule has 226 valence electrons. The number of hydrogen-bond donors (Lipinski definition) is 3. The van der Waals surface area contributed by atoms with E-state index >= 15 is 0 Å². The van der Waals surface area contributed by atoms with E-state index in [0.717, 1.165) is 21.7 Å². The molecule has 4 rings (SSSR count). The van der Waals surface area contributed by atoms with Crippen LogP contribution in [0, 0.1) is 29.1 Å². The van der Waals surface area contributed by atoms with Crippen LogP contribution in [0.25, 0.3) is 10.4 Å². The van der Waals surface area contributed by atoms with E-state index in [1.54, 1.807) is 16.8 Å². The third-order valence-electron chi connectivity index (χ3n) is 7.60. The molecule has 11 heteroatoms. The lowest BCUT2D eigenvalue weighted by atomic mass is 9.85. The Bertz CT molecular complexity index is 1400. The van der Waals surface area contributed by atoms with Gasteiger partial charge in [-0.15, -0.1) is 11.3 Å². The predicted octanol–water partition coefficient (Wildman–Crippen LogP) is 3.71. The molecule has 0 radical (unpaired) electrons. The van der Waals surface area contributed by atoms with Crippen LogP contribution in [-0.2, 0) is 20.9 Å². The number of β-amino-alcohol motifs (C(OH)–C–C–N with tert-alkyl or cyclic N) is 1. The van der Waals surface area contributed by atoms with E-state index in [1.165, 1.54) is 4.90 Å². The Labute approximate surface area is 251 Å². The molecule has 3 amide bonds. The van der Waals surface area contributed by atoms with Crippen LogP contribution < -0.4 is 15.4 Å². The first kappa shape index (κ1) is 31.4. The zero-order chi connectivity index (χ0) is 31.0. The number of rotatable bonds is 8. The molecule has 1 aliphatic carbocycles. The fourth-order valence-corrected chi connectivity index (χ4v) is 5.85. The first-order valence-corrected chi connectivity index (χ1v) is 15.1. The van der Waals surface area contributed by atoms with Crippen LogP contribution in [0.15, 0.2) is 23.7 Å². The van der Waals surface area contributed by atoms with Gasteiger partial charge in [0.1, 0.15) is 28.8 Å². The van der Waals surface area contributed by atoms with Gasteiger partial charge in [0.05, 0.1) is 28.3 Å². The molecule has 42 heavy (non-hydrogen) atoms. The number of nitrogens with one attached hydrogen (secondary N) is 2. The van der Waals surface area contributed by atoms with Gasteiger partial charge in [-0.1, -0.05) is 32.9 Å². The topological polar surface area (TPSA) is 145 Å². The molecule has 2 aromatic rings. The number of thiazole rings is 1. The molecule has 0 bridgehead atoms. The van der Waals surface area contributed by atoms with Gasteiger partial charge < -0.3 is 25.4 Å². The van der Waals surface area contributed by atoms with Crippen LogP contribution in [0.1, 0.15) is 72.1 Å². The monoisotopic (exact) mass is 595 g/mol. The number of aryl methyl sites for hydroxylation is 1. The highest BCUT2D eigenvalue weighted by molar-refractivity contribution is 7.13. The maximum absolute atomic E-state index is 13.8. The Hall–Kier alpha value is -3.49. The molecule has 1 saturated heterocycles. The molecule has 2 aliphatic rings. The van der Waals surface area contributed by atoms with Gasteiger partial charge in [0.2, 0.25) is 17.7 Å². The molecule has 1 aromatic carbocycles. The normalized spacial score (nSPS) is 20.4. The Balaban J connectivity index is 1.52. The Morgan fingerprint density at radius 3 is 2.48 bits per heavy atom. The summed E-state index contributed by atoms with van der Waals surface area (Å²) in [6.45, 7) is 13.4. The van der Waals surface area contributed by atoms with Crippen molar-refractivity contribution in [3.63, 3.8) is 0 Å². The number of nitrogens with zero attached hydrogens (tertiary/aromatic N) is 3. The van der Waals surface area contributed by atoms with Crippen molar-refractivity contribution in [1.29, 1.82) is 5.26 Å². The molecule has 2 fully saturated rings. The lowest BCUT2D eigenvalue weighted by Crippen LogP contribution is -2.58. The van der Waals surface area contributed by atoms with E-state index < -0.39 is 52.3 Å². The first-order chi connectivity index (χ1) is 19.5. The van der Waals surface area contributed by atoms with Crippen molar-refractivity contribution >= 4 is 29.1 Å². The number of benzene rings is 1. The third kappa shape index (κ3) is 6.93. The lowest BCUT2D eigenvalue weighted by molar-refractivity contribution is -0.144. The fourth-order valence-electron chi connectivity index (χ4n) is 5.05. The second kappa shape index (κ2) is 11.7. The molecule has 1 aliphatic heterocycles. The summed E-state index contributed by atoms with van der Waals surface area (Å²) in [6, 6.07) is 6.02. The summed E-state index contributed by atoms with van der Waals surface area (Å²) < 4.78 is 6.26. The number of carbonyl (C=O) groups excluding carboxylic acids is 3. The van der Waals surface area contributed by atoms with Crippen molar-refractivity contribution in [2.24, 2.45) is 10.8 Å². The van der Waals surface area contributed by atoms with Crippen molar-refractivity contribution in [2.45, 2.75) is 98.1 Å². The summed E-state index contributed by atoms with van der Waals surface area (Å²) in [5, 5.41) is 25.7. The largest absolute Gasteiger partial charge is 0.488 e. The van der Waals surface area contributed by atoms with E-state index in [-0.39, 0.29) is 19.5 Å². The molecule has 2 heterocycles. The minimum absolute atomic E-state index is 0.0238. The van der Waals surface area contributed by atoms with E-state index in [9.17, 15) is 24.8 Å². The minimum atomic E-state index is -1.09. The van der Waals surface area contributed by atoms with Gasteiger partial charge in [0.25, 0.3) is 0 Å². The van der Waals surface area contributed by atoms with Gasteiger partial charge >= 0.3 is 0 Å².